The first kappa shape index (κ1) is 24.4. The monoisotopic (exact) mass is 429 g/mol. The molecule has 0 bridgehead atoms. The molecule has 1 amide bonds. The summed E-state index contributed by atoms with van der Waals surface area (Å²) in [5, 5.41) is 6.53. The van der Waals surface area contributed by atoms with Gasteiger partial charge in [-0.05, 0) is 58.4 Å². The average Bonchev–Trinajstić information content (AvgIpc) is 2.73. The van der Waals surface area contributed by atoms with Gasteiger partial charge in [-0.15, -0.1) is 0 Å². The van der Waals surface area contributed by atoms with E-state index >= 15 is 0 Å². The molecule has 0 unspecified atom stereocenters. The van der Waals surface area contributed by atoms with Crippen molar-refractivity contribution in [2.75, 3.05) is 31.6 Å². The highest BCUT2D eigenvalue weighted by Crippen LogP contribution is 2.28. The molecule has 2 aromatic rings. The molecule has 1 heterocycles. The first-order chi connectivity index (χ1) is 14.9. The highest BCUT2D eigenvalue weighted by molar-refractivity contribution is 5.78. The van der Waals surface area contributed by atoms with Gasteiger partial charge in [-0.3, -0.25) is 4.79 Å². The van der Waals surface area contributed by atoms with Gasteiger partial charge in [0.05, 0.1) is 6.61 Å². The molecule has 170 valence electrons. The maximum atomic E-state index is 12.6. The Labute approximate surface area is 185 Å². The van der Waals surface area contributed by atoms with Crippen molar-refractivity contribution in [2.45, 2.75) is 53.2 Å². The third kappa shape index (κ3) is 8.05. The fourth-order valence-corrected chi connectivity index (χ4v) is 3.32. The van der Waals surface area contributed by atoms with E-state index < -0.39 is 0 Å². The second-order valence-electron chi connectivity index (χ2n) is 7.67. The maximum Gasteiger partial charge on any atom is 0.260 e. The smallest absolute Gasteiger partial charge is 0.260 e. The van der Waals surface area contributed by atoms with Crippen LogP contribution in [0.25, 0.3) is 0 Å². The van der Waals surface area contributed by atoms with E-state index in [0.29, 0.717) is 37.1 Å². The van der Waals surface area contributed by atoms with Gasteiger partial charge < -0.3 is 25.0 Å². The minimum absolute atomic E-state index is 0.0126. The number of ether oxygens (including phenoxy) is 2. The number of nitrogens with one attached hydrogen (secondary N) is 2. The number of rotatable bonds is 13. The third-order valence-corrected chi connectivity index (χ3v) is 4.54. The van der Waals surface area contributed by atoms with E-state index in [0.717, 1.165) is 12.1 Å². The number of amides is 1. The van der Waals surface area contributed by atoms with E-state index in [9.17, 15) is 4.79 Å². The van der Waals surface area contributed by atoms with Gasteiger partial charge in [-0.2, -0.15) is 0 Å². The summed E-state index contributed by atoms with van der Waals surface area (Å²) in [6.45, 7) is 12.6. The molecule has 1 aromatic carbocycles. The van der Waals surface area contributed by atoms with Crippen LogP contribution in [-0.4, -0.2) is 59.2 Å². The minimum atomic E-state index is -0.0342. The van der Waals surface area contributed by atoms with Crippen molar-refractivity contribution in [3.8, 4) is 11.5 Å². The standard InChI is InChI=1S/C23H35N5O3/c1-6-30-21-14-19(15-24-12-13-27-23-25-10-7-11-26-23)8-9-20(21)31-16-22(29)28(17(2)3)18(4)5/h7-11,14,17-18,24H,6,12-13,15-16H2,1-5H3,(H,25,26,27). The van der Waals surface area contributed by atoms with Crippen molar-refractivity contribution in [3.63, 3.8) is 0 Å². The summed E-state index contributed by atoms with van der Waals surface area (Å²) >= 11 is 0. The molecule has 0 radical (unpaired) electrons. The summed E-state index contributed by atoms with van der Waals surface area (Å²) in [5.41, 5.74) is 1.07. The number of hydrogen-bond donors (Lipinski definition) is 2. The lowest BCUT2D eigenvalue weighted by Crippen LogP contribution is -2.44. The predicted molar refractivity (Wildman–Crippen MR) is 122 cm³/mol. The fourth-order valence-electron chi connectivity index (χ4n) is 3.32. The van der Waals surface area contributed by atoms with Crippen LogP contribution in [0.5, 0.6) is 11.5 Å². The number of nitrogens with zero attached hydrogens (tertiary/aromatic N) is 3. The van der Waals surface area contributed by atoms with Gasteiger partial charge in [0, 0.05) is 44.1 Å². The molecule has 0 atom stereocenters. The molecule has 0 fully saturated rings. The minimum Gasteiger partial charge on any atom is -0.490 e. The zero-order valence-electron chi connectivity index (χ0n) is 19.2. The van der Waals surface area contributed by atoms with Crippen LogP contribution in [0.1, 0.15) is 40.2 Å². The number of benzene rings is 1. The van der Waals surface area contributed by atoms with Crippen LogP contribution in [0.3, 0.4) is 0 Å². The Balaban J connectivity index is 1.87. The molecule has 2 N–H and O–H groups in total. The van der Waals surface area contributed by atoms with Gasteiger partial charge in [0.15, 0.2) is 18.1 Å². The number of carbonyl (C=O) groups is 1. The first-order valence-electron chi connectivity index (χ1n) is 10.8. The highest BCUT2D eigenvalue weighted by atomic mass is 16.5. The second kappa shape index (κ2) is 12.7. The highest BCUT2D eigenvalue weighted by Gasteiger charge is 2.21. The summed E-state index contributed by atoms with van der Waals surface area (Å²) < 4.78 is 11.6. The molecule has 0 aliphatic heterocycles. The fraction of sp³-hybridized carbons (Fsp3) is 0.522. The van der Waals surface area contributed by atoms with Crippen LogP contribution in [0.15, 0.2) is 36.7 Å². The Morgan fingerprint density at radius 3 is 2.39 bits per heavy atom. The first-order valence-corrected chi connectivity index (χ1v) is 10.8. The normalized spacial score (nSPS) is 10.9. The van der Waals surface area contributed by atoms with Crippen LogP contribution in [0, 0.1) is 0 Å². The van der Waals surface area contributed by atoms with E-state index in [4.69, 9.17) is 9.47 Å². The molecule has 0 aliphatic carbocycles. The van der Waals surface area contributed by atoms with Crippen molar-refractivity contribution >= 4 is 11.9 Å². The van der Waals surface area contributed by atoms with Crippen molar-refractivity contribution in [3.05, 3.63) is 42.2 Å². The Morgan fingerprint density at radius 1 is 1.03 bits per heavy atom. The largest absolute Gasteiger partial charge is 0.490 e. The SMILES string of the molecule is CCOc1cc(CNCCNc2ncccn2)ccc1OCC(=O)N(C(C)C)C(C)C. The van der Waals surface area contributed by atoms with Crippen LogP contribution in [0.2, 0.25) is 0 Å². The van der Waals surface area contributed by atoms with Gasteiger partial charge in [0.1, 0.15) is 0 Å². The van der Waals surface area contributed by atoms with Gasteiger partial charge in [0.2, 0.25) is 5.95 Å². The van der Waals surface area contributed by atoms with Crippen LogP contribution in [-0.2, 0) is 11.3 Å². The lowest BCUT2D eigenvalue weighted by atomic mass is 10.2. The van der Waals surface area contributed by atoms with Crippen LogP contribution >= 0.6 is 0 Å². The van der Waals surface area contributed by atoms with Crippen molar-refractivity contribution in [1.29, 1.82) is 0 Å². The lowest BCUT2D eigenvalue weighted by molar-refractivity contribution is -0.137. The molecule has 0 saturated heterocycles. The number of hydrogen-bond acceptors (Lipinski definition) is 7. The van der Waals surface area contributed by atoms with Crippen LogP contribution in [0.4, 0.5) is 5.95 Å². The molecule has 8 nitrogen and oxygen atoms in total. The van der Waals surface area contributed by atoms with Gasteiger partial charge >= 0.3 is 0 Å². The molecule has 0 saturated carbocycles. The Bertz CT molecular complexity index is 791. The van der Waals surface area contributed by atoms with Gasteiger partial charge in [-0.1, -0.05) is 6.07 Å². The molecular formula is C23H35N5O3. The Morgan fingerprint density at radius 2 is 1.74 bits per heavy atom. The van der Waals surface area contributed by atoms with Crippen molar-refractivity contribution in [1.82, 2.24) is 20.2 Å². The summed E-state index contributed by atoms with van der Waals surface area (Å²) in [6.07, 6.45) is 3.41. The number of aromatic nitrogens is 2. The van der Waals surface area contributed by atoms with Crippen molar-refractivity contribution in [2.24, 2.45) is 0 Å². The van der Waals surface area contributed by atoms with Crippen molar-refractivity contribution < 1.29 is 14.3 Å². The van der Waals surface area contributed by atoms with E-state index in [-0.39, 0.29) is 24.6 Å². The molecule has 0 aliphatic rings. The number of anilines is 1. The lowest BCUT2D eigenvalue weighted by Gasteiger charge is -2.30. The molecular weight excluding hydrogens is 394 g/mol. The molecule has 0 spiro atoms. The maximum absolute atomic E-state index is 12.6. The summed E-state index contributed by atoms with van der Waals surface area (Å²) in [6, 6.07) is 7.82. The average molecular weight is 430 g/mol. The third-order valence-electron chi connectivity index (χ3n) is 4.54. The second-order valence-corrected chi connectivity index (χ2v) is 7.67. The summed E-state index contributed by atoms with van der Waals surface area (Å²) in [7, 11) is 0. The van der Waals surface area contributed by atoms with Gasteiger partial charge in [-0.25, -0.2) is 9.97 Å². The van der Waals surface area contributed by atoms with E-state index in [2.05, 4.69) is 20.6 Å². The van der Waals surface area contributed by atoms with E-state index in [1.807, 2.05) is 57.7 Å². The summed E-state index contributed by atoms with van der Waals surface area (Å²) in [4.78, 5) is 22.7. The quantitative estimate of drug-likeness (QED) is 0.473. The molecule has 2 rings (SSSR count). The molecule has 31 heavy (non-hydrogen) atoms. The zero-order valence-corrected chi connectivity index (χ0v) is 19.2. The molecule has 1 aromatic heterocycles. The predicted octanol–water partition coefficient (Wildman–Crippen LogP) is 3.10. The van der Waals surface area contributed by atoms with Gasteiger partial charge in [0.25, 0.3) is 5.91 Å². The number of carbonyl (C=O) groups excluding carboxylic acids is 1. The zero-order chi connectivity index (χ0) is 22.6. The Kier molecular flexibility index (Phi) is 10.0. The van der Waals surface area contributed by atoms with E-state index in [1.54, 1.807) is 18.5 Å². The summed E-state index contributed by atoms with van der Waals surface area (Å²) in [5.74, 6) is 1.81. The van der Waals surface area contributed by atoms with E-state index in [1.165, 1.54) is 0 Å². The Hall–Kier alpha value is -2.87. The topological polar surface area (TPSA) is 88.6 Å². The molecule has 8 heteroatoms. The van der Waals surface area contributed by atoms with Crippen LogP contribution < -0.4 is 20.1 Å².